The first kappa shape index (κ1) is 9.53. The highest BCUT2D eigenvalue weighted by Gasteiger charge is 2.21. The first-order valence-electron chi connectivity index (χ1n) is 5.19. The average Bonchev–Trinajstić information content (AvgIpc) is 2.65. The number of ether oxygens (including phenoxy) is 1. The van der Waals surface area contributed by atoms with Crippen LogP contribution >= 0.6 is 0 Å². The quantitative estimate of drug-likeness (QED) is 0.775. The van der Waals surface area contributed by atoms with E-state index in [0.717, 1.165) is 5.75 Å². The molecule has 0 spiro atoms. The maximum Gasteiger partial charge on any atom is 0.118 e. The highest BCUT2D eigenvalue weighted by Crippen LogP contribution is 2.27. The normalized spacial score (nSPS) is 26.4. The lowest BCUT2D eigenvalue weighted by Crippen LogP contribution is -2.20. The summed E-state index contributed by atoms with van der Waals surface area (Å²) in [6.07, 6.45) is 2.52. The van der Waals surface area contributed by atoms with Gasteiger partial charge in [-0.15, -0.1) is 0 Å². The van der Waals surface area contributed by atoms with Crippen LogP contribution in [-0.4, -0.2) is 13.2 Å². The maximum atomic E-state index is 5.13. The molecule has 14 heavy (non-hydrogen) atoms. The van der Waals surface area contributed by atoms with Gasteiger partial charge in [-0.05, 0) is 37.5 Å². The van der Waals surface area contributed by atoms with Crippen molar-refractivity contribution in [2.24, 2.45) is 0 Å². The largest absolute Gasteiger partial charge is 0.497 e. The van der Waals surface area contributed by atoms with Gasteiger partial charge in [0.15, 0.2) is 0 Å². The number of rotatable bonds is 2. The van der Waals surface area contributed by atoms with Crippen molar-refractivity contribution >= 4 is 0 Å². The summed E-state index contributed by atoms with van der Waals surface area (Å²) in [7, 11) is 1.70. The van der Waals surface area contributed by atoms with E-state index in [1.807, 2.05) is 12.1 Å². The Bertz CT molecular complexity index is 294. The zero-order valence-corrected chi connectivity index (χ0v) is 8.79. The van der Waals surface area contributed by atoms with Gasteiger partial charge in [-0.25, -0.2) is 0 Å². The number of methoxy groups -OCH3 is 1. The predicted molar refractivity (Wildman–Crippen MR) is 57.6 cm³/mol. The number of nitrogens with one attached hydrogen (secondary N) is 1. The molecule has 2 heteroatoms. The van der Waals surface area contributed by atoms with Crippen molar-refractivity contribution in [2.45, 2.75) is 31.8 Å². The zero-order chi connectivity index (χ0) is 9.97. The fourth-order valence-electron chi connectivity index (χ4n) is 2.03. The summed E-state index contributed by atoms with van der Waals surface area (Å²) in [6.45, 7) is 2.24. The SMILES string of the molecule is COc1ccc([C@@H]2CC[C@H](C)N2)cc1. The Hall–Kier alpha value is -1.02. The van der Waals surface area contributed by atoms with Gasteiger partial charge in [-0.1, -0.05) is 12.1 Å². The van der Waals surface area contributed by atoms with Gasteiger partial charge in [-0.3, -0.25) is 0 Å². The van der Waals surface area contributed by atoms with Crippen molar-refractivity contribution in [3.8, 4) is 5.75 Å². The van der Waals surface area contributed by atoms with E-state index in [0.29, 0.717) is 12.1 Å². The van der Waals surface area contributed by atoms with E-state index in [1.165, 1.54) is 18.4 Å². The highest BCUT2D eigenvalue weighted by molar-refractivity contribution is 5.29. The lowest BCUT2D eigenvalue weighted by molar-refractivity contribution is 0.414. The first-order valence-corrected chi connectivity index (χ1v) is 5.19. The van der Waals surface area contributed by atoms with Crippen molar-refractivity contribution in [3.05, 3.63) is 29.8 Å². The number of benzene rings is 1. The monoisotopic (exact) mass is 191 g/mol. The minimum absolute atomic E-state index is 0.538. The second kappa shape index (κ2) is 4.01. The Labute approximate surface area is 85.3 Å². The molecule has 1 aliphatic heterocycles. The van der Waals surface area contributed by atoms with Crippen LogP contribution in [0.4, 0.5) is 0 Å². The molecule has 0 unspecified atom stereocenters. The molecule has 1 aliphatic rings. The van der Waals surface area contributed by atoms with Gasteiger partial charge >= 0.3 is 0 Å². The van der Waals surface area contributed by atoms with E-state index in [1.54, 1.807) is 7.11 Å². The molecule has 0 aliphatic carbocycles. The standard InChI is InChI=1S/C12H17NO/c1-9-3-8-12(13-9)10-4-6-11(14-2)7-5-10/h4-7,9,12-13H,3,8H2,1-2H3/t9-,12-/m0/s1. The van der Waals surface area contributed by atoms with Crippen molar-refractivity contribution in [1.29, 1.82) is 0 Å². The third-order valence-electron chi connectivity index (χ3n) is 2.89. The van der Waals surface area contributed by atoms with Gasteiger partial charge < -0.3 is 10.1 Å². The fourth-order valence-corrected chi connectivity index (χ4v) is 2.03. The van der Waals surface area contributed by atoms with E-state index in [2.05, 4.69) is 24.4 Å². The van der Waals surface area contributed by atoms with Crippen LogP contribution in [-0.2, 0) is 0 Å². The van der Waals surface area contributed by atoms with Crippen LogP contribution in [0.15, 0.2) is 24.3 Å². The molecule has 1 saturated heterocycles. The molecular weight excluding hydrogens is 174 g/mol. The van der Waals surface area contributed by atoms with Crippen LogP contribution < -0.4 is 10.1 Å². The molecule has 0 aromatic heterocycles. The fraction of sp³-hybridized carbons (Fsp3) is 0.500. The molecule has 0 radical (unpaired) electrons. The lowest BCUT2D eigenvalue weighted by atomic mass is 10.1. The summed E-state index contributed by atoms with van der Waals surface area (Å²) in [5, 5.41) is 3.57. The Kier molecular flexibility index (Phi) is 2.73. The molecular formula is C12H17NO. The summed E-state index contributed by atoms with van der Waals surface area (Å²) in [5.41, 5.74) is 1.37. The molecule has 1 heterocycles. The third-order valence-corrected chi connectivity index (χ3v) is 2.89. The molecule has 1 aromatic rings. The van der Waals surface area contributed by atoms with Crippen molar-refractivity contribution in [3.63, 3.8) is 0 Å². The number of hydrogen-bond donors (Lipinski definition) is 1. The van der Waals surface area contributed by atoms with Crippen LogP contribution in [0.3, 0.4) is 0 Å². The van der Waals surface area contributed by atoms with Gasteiger partial charge in [0.25, 0.3) is 0 Å². The van der Waals surface area contributed by atoms with Gasteiger partial charge in [0, 0.05) is 12.1 Å². The minimum Gasteiger partial charge on any atom is -0.497 e. The third kappa shape index (κ3) is 1.90. The summed E-state index contributed by atoms with van der Waals surface area (Å²) >= 11 is 0. The highest BCUT2D eigenvalue weighted by atomic mass is 16.5. The van der Waals surface area contributed by atoms with E-state index < -0.39 is 0 Å². The maximum absolute atomic E-state index is 5.13. The molecule has 2 atom stereocenters. The molecule has 0 saturated carbocycles. The smallest absolute Gasteiger partial charge is 0.118 e. The van der Waals surface area contributed by atoms with Crippen LogP contribution in [0.2, 0.25) is 0 Å². The minimum atomic E-state index is 0.538. The van der Waals surface area contributed by atoms with Crippen LogP contribution in [0, 0.1) is 0 Å². The van der Waals surface area contributed by atoms with Crippen molar-refractivity contribution in [1.82, 2.24) is 5.32 Å². The van der Waals surface area contributed by atoms with Gasteiger partial charge in [0.2, 0.25) is 0 Å². The lowest BCUT2D eigenvalue weighted by Gasteiger charge is -2.12. The average molecular weight is 191 g/mol. The molecule has 2 nitrogen and oxygen atoms in total. The van der Waals surface area contributed by atoms with E-state index >= 15 is 0 Å². The summed E-state index contributed by atoms with van der Waals surface area (Å²) < 4.78 is 5.13. The second-order valence-corrected chi connectivity index (χ2v) is 3.97. The molecule has 0 bridgehead atoms. The predicted octanol–water partition coefficient (Wildman–Crippen LogP) is 2.51. The van der Waals surface area contributed by atoms with Crippen LogP contribution in [0.5, 0.6) is 5.75 Å². The van der Waals surface area contributed by atoms with Crippen LogP contribution in [0.1, 0.15) is 31.4 Å². The summed E-state index contributed by atoms with van der Waals surface area (Å²) in [6, 6.07) is 9.54. The molecule has 0 amide bonds. The number of hydrogen-bond acceptors (Lipinski definition) is 2. The molecule has 2 rings (SSSR count). The molecule has 1 N–H and O–H groups in total. The Morgan fingerprint density at radius 2 is 1.93 bits per heavy atom. The Morgan fingerprint density at radius 1 is 1.21 bits per heavy atom. The van der Waals surface area contributed by atoms with Gasteiger partial charge in [-0.2, -0.15) is 0 Å². The molecule has 1 fully saturated rings. The van der Waals surface area contributed by atoms with E-state index in [9.17, 15) is 0 Å². The first-order chi connectivity index (χ1) is 6.79. The molecule has 76 valence electrons. The van der Waals surface area contributed by atoms with Crippen molar-refractivity contribution in [2.75, 3.05) is 7.11 Å². The summed E-state index contributed by atoms with van der Waals surface area (Å²) in [5.74, 6) is 0.930. The van der Waals surface area contributed by atoms with Crippen LogP contribution in [0.25, 0.3) is 0 Å². The summed E-state index contributed by atoms with van der Waals surface area (Å²) in [4.78, 5) is 0. The zero-order valence-electron chi connectivity index (χ0n) is 8.79. The van der Waals surface area contributed by atoms with Gasteiger partial charge in [0.05, 0.1) is 7.11 Å². The Balaban J connectivity index is 2.09. The van der Waals surface area contributed by atoms with E-state index in [-0.39, 0.29) is 0 Å². The van der Waals surface area contributed by atoms with Crippen molar-refractivity contribution < 1.29 is 4.74 Å². The molecule has 1 aromatic carbocycles. The van der Waals surface area contributed by atoms with E-state index in [4.69, 9.17) is 4.74 Å². The topological polar surface area (TPSA) is 21.3 Å². The Morgan fingerprint density at radius 3 is 2.43 bits per heavy atom. The van der Waals surface area contributed by atoms with Gasteiger partial charge in [0.1, 0.15) is 5.75 Å². The second-order valence-electron chi connectivity index (χ2n) is 3.97.